The Hall–Kier alpha value is -0.680. The van der Waals surface area contributed by atoms with Crippen molar-refractivity contribution in [2.75, 3.05) is 13.1 Å². The minimum atomic E-state index is -2.27. The smallest absolute Gasteiger partial charge is 0.225 e. The molecule has 4 nitrogen and oxygen atoms in total. The highest BCUT2D eigenvalue weighted by molar-refractivity contribution is 5.78. The van der Waals surface area contributed by atoms with Gasteiger partial charge in [-0.05, 0) is 0 Å². The van der Waals surface area contributed by atoms with Crippen LogP contribution in [0.5, 0.6) is 0 Å². The predicted octanol–water partition coefficient (Wildman–Crippen LogP) is -0.106. The monoisotopic (exact) mass is 205 g/mol. The molecule has 1 saturated heterocycles. The maximum Gasteiger partial charge on any atom is 0.225 e. The van der Waals surface area contributed by atoms with Crippen LogP contribution in [0.15, 0.2) is 0 Å². The maximum atomic E-state index is 13.1. The van der Waals surface area contributed by atoms with E-state index in [1.807, 2.05) is 0 Å². The summed E-state index contributed by atoms with van der Waals surface area (Å²) in [6, 6.07) is 0. The van der Waals surface area contributed by atoms with E-state index in [1.165, 1.54) is 4.90 Å². The van der Waals surface area contributed by atoms with Crippen molar-refractivity contribution in [2.24, 2.45) is 5.92 Å². The topological polar surface area (TPSA) is 60.8 Å². The molecule has 2 N–H and O–H groups in total. The van der Waals surface area contributed by atoms with Gasteiger partial charge in [-0.1, -0.05) is 13.8 Å². The zero-order valence-corrected chi connectivity index (χ0v) is 8.40. The Morgan fingerprint density at radius 2 is 2.14 bits per heavy atom. The summed E-state index contributed by atoms with van der Waals surface area (Å²) in [7, 11) is 0. The molecule has 82 valence electrons. The number of likely N-dealkylation sites (tertiary alicyclic amines) is 1. The van der Waals surface area contributed by atoms with Crippen molar-refractivity contribution in [3.8, 4) is 0 Å². The number of hydrogen-bond acceptors (Lipinski definition) is 3. The van der Waals surface area contributed by atoms with E-state index in [0.29, 0.717) is 0 Å². The predicted molar refractivity (Wildman–Crippen MR) is 48.1 cm³/mol. The number of halogens is 1. The van der Waals surface area contributed by atoms with Gasteiger partial charge < -0.3 is 15.1 Å². The minimum Gasteiger partial charge on any atom is -0.363 e. The van der Waals surface area contributed by atoms with Crippen molar-refractivity contribution in [2.45, 2.75) is 32.2 Å². The SMILES string of the molecule is CC(C)C(=O)N1CCC(O)(O)C(F)C1. The maximum absolute atomic E-state index is 13.1. The van der Waals surface area contributed by atoms with Gasteiger partial charge in [-0.25, -0.2) is 4.39 Å². The quantitative estimate of drug-likeness (QED) is 0.587. The van der Waals surface area contributed by atoms with Gasteiger partial charge >= 0.3 is 0 Å². The molecule has 1 heterocycles. The summed E-state index contributed by atoms with van der Waals surface area (Å²) in [4.78, 5) is 12.8. The molecule has 1 atom stereocenters. The van der Waals surface area contributed by atoms with Crippen molar-refractivity contribution in [1.82, 2.24) is 4.90 Å². The Kier molecular flexibility index (Phi) is 3.11. The number of alkyl halides is 1. The van der Waals surface area contributed by atoms with Crippen molar-refractivity contribution in [1.29, 1.82) is 0 Å². The lowest BCUT2D eigenvalue weighted by atomic mass is 10.0. The molecule has 0 aromatic heterocycles. The molecule has 1 unspecified atom stereocenters. The Balaban J connectivity index is 2.59. The minimum absolute atomic E-state index is 0.132. The number of piperidine rings is 1. The van der Waals surface area contributed by atoms with E-state index in [-0.39, 0.29) is 31.3 Å². The van der Waals surface area contributed by atoms with E-state index in [2.05, 4.69) is 0 Å². The lowest BCUT2D eigenvalue weighted by molar-refractivity contribution is -0.228. The van der Waals surface area contributed by atoms with Crippen LogP contribution in [0.25, 0.3) is 0 Å². The van der Waals surface area contributed by atoms with E-state index >= 15 is 0 Å². The van der Waals surface area contributed by atoms with E-state index < -0.39 is 12.0 Å². The third-order valence-corrected chi connectivity index (χ3v) is 2.44. The number of carbonyl (C=O) groups is 1. The van der Waals surface area contributed by atoms with Gasteiger partial charge in [0.25, 0.3) is 0 Å². The average molecular weight is 205 g/mol. The summed E-state index contributed by atoms with van der Waals surface area (Å²) in [6.45, 7) is 3.43. The summed E-state index contributed by atoms with van der Waals surface area (Å²) < 4.78 is 13.1. The first-order valence-electron chi connectivity index (χ1n) is 4.72. The van der Waals surface area contributed by atoms with Gasteiger partial charge in [0, 0.05) is 18.9 Å². The van der Waals surface area contributed by atoms with Crippen molar-refractivity contribution < 1.29 is 19.4 Å². The number of nitrogens with zero attached hydrogens (tertiary/aromatic N) is 1. The fourth-order valence-corrected chi connectivity index (χ4v) is 1.45. The highest BCUT2D eigenvalue weighted by Gasteiger charge is 2.41. The van der Waals surface area contributed by atoms with Crippen molar-refractivity contribution in [3.63, 3.8) is 0 Å². The zero-order chi connectivity index (χ0) is 10.9. The Labute approximate surface area is 82.3 Å². The number of rotatable bonds is 1. The highest BCUT2D eigenvalue weighted by atomic mass is 19.1. The first-order valence-corrected chi connectivity index (χ1v) is 4.72. The summed E-state index contributed by atoms with van der Waals surface area (Å²) in [6.07, 6.45) is -1.91. The first kappa shape index (κ1) is 11.4. The van der Waals surface area contributed by atoms with Gasteiger partial charge in [-0.15, -0.1) is 0 Å². The summed E-state index contributed by atoms with van der Waals surface area (Å²) in [5.74, 6) is -2.61. The fraction of sp³-hybridized carbons (Fsp3) is 0.889. The lowest BCUT2D eigenvalue weighted by Gasteiger charge is -2.37. The number of amides is 1. The molecule has 0 aliphatic carbocycles. The summed E-state index contributed by atoms with van der Waals surface area (Å²) in [5.41, 5.74) is 0. The van der Waals surface area contributed by atoms with Gasteiger partial charge in [0.05, 0.1) is 6.54 Å². The van der Waals surface area contributed by atoms with Crippen LogP contribution in [0.4, 0.5) is 4.39 Å². The molecule has 0 aromatic rings. The van der Waals surface area contributed by atoms with Crippen molar-refractivity contribution >= 4 is 5.91 Å². The van der Waals surface area contributed by atoms with E-state index in [4.69, 9.17) is 10.2 Å². The van der Waals surface area contributed by atoms with Crippen LogP contribution in [0.1, 0.15) is 20.3 Å². The van der Waals surface area contributed by atoms with Crippen LogP contribution in [0.2, 0.25) is 0 Å². The molecule has 1 amide bonds. The third kappa shape index (κ3) is 2.22. The zero-order valence-electron chi connectivity index (χ0n) is 8.40. The lowest BCUT2D eigenvalue weighted by Crippen LogP contribution is -2.55. The molecule has 0 saturated carbocycles. The highest BCUT2D eigenvalue weighted by Crippen LogP contribution is 2.23. The summed E-state index contributed by atoms with van der Waals surface area (Å²) in [5, 5.41) is 18.2. The Morgan fingerprint density at radius 3 is 2.57 bits per heavy atom. The van der Waals surface area contributed by atoms with Crippen LogP contribution < -0.4 is 0 Å². The van der Waals surface area contributed by atoms with E-state index in [9.17, 15) is 9.18 Å². The number of carbonyl (C=O) groups excluding carboxylic acids is 1. The van der Waals surface area contributed by atoms with Crippen LogP contribution in [0.3, 0.4) is 0 Å². The molecule has 5 heteroatoms. The number of aliphatic hydroxyl groups is 2. The molecule has 0 aromatic carbocycles. The molecule has 0 spiro atoms. The van der Waals surface area contributed by atoms with Gasteiger partial charge in [0.15, 0.2) is 12.0 Å². The molecule has 1 aliphatic rings. The van der Waals surface area contributed by atoms with Crippen LogP contribution >= 0.6 is 0 Å². The fourth-order valence-electron chi connectivity index (χ4n) is 1.45. The molecule has 1 rings (SSSR count). The first-order chi connectivity index (χ1) is 6.34. The van der Waals surface area contributed by atoms with Gasteiger partial charge in [-0.3, -0.25) is 4.79 Å². The molecule has 1 fully saturated rings. The van der Waals surface area contributed by atoms with Crippen molar-refractivity contribution in [3.05, 3.63) is 0 Å². The van der Waals surface area contributed by atoms with Crippen LogP contribution in [-0.4, -0.2) is 46.1 Å². The largest absolute Gasteiger partial charge is 0.363 e. The summed E-state index contributed by atoms with van der Waals surface area (Å²) >= 11 is 0. The molecular formula is C9H16FNO3. The molecule has 0 radical (unpaired) electrons. The Bertz CT molecular complexity index is 230. The second kappa shape index (κ2) is 3.82. The third-order valence-electron chi connectivity index (χ3n) is 2.44. The number of hydrogen-bond donors (Lipinski definition) is 2. The standard InChI is InChI=1S/C9H16FNO3/c1-6(2)8(12)11-4-3-9(13,14)7(10)5-11/h6-7,13-14H,3-5H2,1-2H3. The van der Waals surface area contributed by atoms with Crippen LogP contribution in [-0.2, 0) is 4.79 Å². The molecular weight excluding hydrogens is 189 g/mol. The average Bonchev–Trinajstić information content (AvgIpc) is 2.08. The molecule has 14 heavy (non-hydrogen) atoms. The molecule has 0 bridgehead atoms. The van der Waals surface area contributed by atoms with E-state index in [1.54, 1.807) is 13.8 Å². The van der Waals surface area contributed by atoms with Gasteiger partial charge in [0.2, 0.25) is 5.91 Å². The van der Waals surface area contributed by atoms with E-state index in [0.717, 1.165) is 0 Å². The molecule has 1 aliphatic heterocycles. The van der Waals surface area contributed by atoms with Gasteiger partial charge in [-0.2, -0.15) is 0 Å². The second-order valence-corrected chi connectivity index (χ2v) is 4.04. The second-order valence-electron chi connectivity index (χ2n) is 4.04. The Morgan fingerprint density at radius 1 is 1.57 bits per heavy atom. The normalized spacial score (nSPS) is 26.7. The van der Waals surface area contributed by atoms with Gasteiger partial charge in [0.1, 0.15) is 0 Å². The van der Waals surface area contributed by atoms with Crippen LogP contribution in [0, 0.1) is 5.92 Å².